The summed E-state index contributed by atoms with van der Waals surface area (Å²) in [7, 11) is 1.49. The first-order valence-electron chi connectivity index (χ1n) is 9.18. The molecule has 0 aliphatic heterocycles. The molecule has 1 aromatic rings. The van der Waals surface area contributed by atoms with Crippen molar-refractivity contribution in [1.82, 2.24) is 15.5 Å². The number of alkyl halides is 3. The van der Waals surface area contributed by atoms with E-state index in [1.807, 2.05) is 13.0 Å². The Labute approximate surface area is 153 Å². The molecule has 0 bridgehead atoms. The molecular weight excluding hydrogens is 341 g/mol. The summed E-state index contributed by atoms with van der Waals surface area (Å²) >= 11 is 0. The highest BCUT2D eigenvalue weighted by molar-refractivity contribution is 5.79. The van der Waals surface area contributed by atoms with Crippen LogP contribution in [0.4, 0.5) is 13.2 Å². The largest absolute Gasteiger partial charge is 0.401 e. The van der Waals surface area contributed by atoms with Crippen LogP contribution in [0.1, 0.15) is 31.7 Å². The van der Waals surface area contributed by atoms with Crippen molar-refractivity contribution in [2.45, 2.75) is 37.8 Å². The molecule has 146 valence electrons. The fourth-order valence-corrected chi connectivity index (χ4v) is 2.99. The molecule has 26 heavy (non-hydrogen) atoms. The lowest BCUT2D eigenvalue weighted by molar-refractivity contribution is -0.143. The molecule has 2 rings (SSSR count). The van der Waals surface area contributed by atoms with E-state index in [4.69, 9.17) is 4.99 Å². The van der Waals surface area contributed by atoms with Crippen LogP contribution in [0.15, 0.2) is 35.3 Å². The second-order valence-electron chi connectivity index (χ2n) is 6.97. The molecule has 1 aliphatic rings. The zero-order chi connectivity index (χ0) is 19.0. The summed E-state index contributed by atoms with van der Waals surface area (Å²) in [5.41, 5.74) is 1.48. The second kappa shape index (κ2) is 9.26. The van der Waals surface area contributed by atoms with Crippen molar-refractivity contribution < 1.29 is 13.2 Å². The van der Waals surface area contributed by atoms with Gasteiger partial charge in [0.25, 0.3) is 0 Å². The molecule has 4 nitrogen and oxygen atoms in total. The van der Waals surface area contributed by atoms with E-state index in [0.717, 1.165) is 31.9 Å². The Morgan fingerprint density at radius 1 is 1.19 bits per heavy atom. The number of aliphatic imine (C=N–C) groups is 1. The average Bonchev–Trinajstić information content (AvgIpc) is 3.37. The number of guanidine groups is 1. The third-order valence-electron chi connectivity index (χ3n) is 4.58. The quantitative estimate of drug-likeness (QED) is 0.399. The fourth-order valence-electron chi connectivity index (χ4n) is 2.99. The van der Waals surface area contributed by atoms with Crippen LogP contribution in [0.25, 0.3) is 0 Å². The van der Waals surface area contributed by atoms with Gasteiger partial charge in [0.1, 0.15) is 0 Å². The van der Waals surface area contributed by atoms with Gasteiger partial charge in [-0.2, -0.15) is 13.2 Å². The number of benzene rings is 1. The molecule has 1 aliphatic carbocycles. The number of nitrogens with zero attached hydrogens (tertiary/aromatic N) is 2. The molecule has 0 amide bonds. The third-order valence-corrected chi connectivity index (χ3v) is 4.58. The van der Waals surface area contributed by atoms with Gasteiger partial charge in [0.2, 0.25) is 0 Å². The molecular formula is C19H29F3N4. The monoisotopic (exact) mass is 370 g/mol. The van der Waals surface area contributed by atoms with Gasteiger partial charge in [-0.3, -0.25) is 9.89 Å². The summed E-state index contributed by atoms with van der Waals surface area (Å²) in [6.07, 6.45) is -1.24. The molecule has 1 aromatic carbocycles. The molecule has 0 aromatic heterocycles. The molecule has 0 saturated heterocycles. The van der Waals surface area contributed by atoms with E-state index in [1.54, 1.807) is 0 Å². The van der Waals surface area contributed by atoms with Gasteiger partial charge in [-0.15, -0.1) is 0 Å². The zero-order valence-corrected chi connectivity index (χ0v) is 15.6. The first kappa shape index (κ1) is 20.6. The van der Waals surface area contributed by atoms with E-state index >= 15 is 0 Å². The van der Waals surface area contributed by atoms with Crippen LogP contribution in [0.3, 0.4) is 0 Å². The number of halogens is 3. The van der Waals surface area contributed by atoms with E-state index < -0.39 is 12.7 Å². The van der Waals surface area contributed by atoms with Crippen molar-refractivity contribution in [3.63, 3.8) is 0 Å². The minimum absolute atomic E-state index is 0.149. The highest BCUT2D eigenvalue weighted by Crippen LogP contribution is 2.48. The molecule has 0 radical (unpaired) electrons. The van der Waals surface area contributed by atoms with Gasteiger partial charge in [0.15, 0.2) is 5.96 Å². The van der Waals surface area contributed by atoms with E-state index in [9.17, 15) is 13.2 Å². The number of nitrogens with one attached hydrogen (secondary N) is 2. The first-order chi connectivity index (χ1) is 12.3. The molecule has 7 heteroatoms. The Bertz CT molecular complexity index is 568. The summed E-state index contributed by atoms with van der Waals surface area (Å²) in [5.74, 6) is 0.730. The Morgan fingerprint density at radius 3 is 2.46 bits per heavy atom. The van der Waals surface area contributed by atoms with Gasteiger partial charge in [0.05, 0.1) is 13.1 Å². The SMILES string of the molecule is CCNC(=NCC1(c2ccccc2)CC1)NCCCN(C)CC(F)(F)F. The topological polar surface area (TPSA) is 39.7 Å². The normalized spacial score (nSPS) is 16.6. The van der Waals surface area contributed by atoms with Crippen LogP contribution in [0, 0.1) is 0 Å². The summed E-state index contributed by atoms with van der Waals surface area (Å²) < 4.78 is 36.9. The number of hydrogen-bond acceptors (Lipinski definition) is 2. The Balaban J connectivity index is 1.78. The molecule has 1 saturated carbocycles. The van der Waals surface area contributed by atoms with Gasteiger partial charge in [-0.05, 0) is 45.3 Å². The van der Waals surface area contributed by atoms with Gasteiger partial charge < -0.3 is 10.6 Å². The molecule has 0 heterocycles. The standard InChI is InChI=1S/C19H29F3N4/c1-3-23-17(24-12-7-13-26(2)15-19(20,21)22)25-14-18(10-11-18)16-8-5-4-6-9-16/h4-6,8-9H,3,7,10-15H2,1-2H3,(H2,23,24,25). The highest BCUT2D eigenvalue weighted by atomic mass is 19.4. The lowest BCUT2D eigenvalue weighted by Crippen LogP contribution is -2.39. The van der Waals surface area contributed by atoms with Crippen molar-refractivity contribution in [1.29, 1.82) is 0 Å². The van der Waals surface area contributed by atoms with Crippen molar-refractivity contribution in [2.75, 3.05) is 39.8 Å². The van der Waals surface area contributed by atoms with Crippen LogP contribution < -0.4 is 10.6 Å². The van der Waals surface area contributed by atoms with Crippen molar-refractivity contribution >= 4 is 5.96 Å². The third kappa shape index (κ3) is 6.86. The molecule has 2 N–H and O–H groups in total. The lowest BCUT2D eigenvalue weighted by atomic mass is 9.96. The Kier molecular flexibility index (Phi) is 7.32. The van der Waals surface area contributed by atoms with Gasteiger partial charge in [-0.1, -0.05) is 30.3 Å². The summed E-state index contributed by atoms with van der Waals surface area (Å²) in [5, 5.41) is 6.43. The smallest absolute Gasteiger partial charge is 0.357 e. The van der Waals surface area contributed by atoms with Crippen LogP contribution in [0.5, 0.6) is 0 Å². The van der Waals surface area contributed by atoms with Crippen LogP contribution in [-0.2, 0) is 5.41 Å². The van der Waals surface area contributed by atoms with Crippen LogP contribution in [0.2, 0.25) is 0 Å². The van der Waals surface area contributed by atoms with Crippen LogP contribution >= 0.6 is 0 Å². The second-order valence-corrected chi connectivity index (χ2v) is 6.97. The Hall–Kier alpha value is -1.76. The number of hydrogen-bond donors (Lipinski definition) is 2. The van der Waals surface area contributed by atoms with Crippen molar-refractivity contribution in [3.05, 3.63) is 35.9 Å². The predicted octanol–water partition coefficient (Wildman–Crippen LogP) is 3.16. The summed E-state index contributed by atoms with van der Waals surface area (Å²) in [6.45, 7) is 3.57. The summed E-state index contributed by atoms with van der Waals surface area (Å²) in [4.78, 5) is 5.99. The minimum atomic E-state index is -4.14. The number of rotatable bonds is 9. The maximum atomic E-state index is 12.3. The fraction of sp³-hybridized carbons (Fsp3) is 0.632. The molecule has 0 unspecified atom stereocenters. The lowest BCUT2D eigenvalue weighted by Gasteiger charge is -2.19. The Morgan fingerprint density at radius 2 is 1.88 bits per heavy atom. The van der Waals surface area contributed by atoms with E-state index in [2.05, 4.69) is 34.9 Å². The maximum absolute atomic E-state index is 12.3. The molecule has 0 atom stereocenters. The molecule has 1 fully saturated rings. The van der Waals surface area contributed by atoms with Crippen LogP contribution in [-0.4, -0.2) is 56.8 Å². The predicted molar refractivity (Wildman–Crippen MR) is 99.5 cm³/mol. The van der Waals surface area contributed by atoms with E-state index in [0.29, 0.717) is 19.5 Å². The van der Waals surface area contributed by atoms with Gasteiger partial charge in [0, 0.05) is 18.5 Å². The van der Waals surface area contributed by atoms with Gasteiger partial charge >= 0.3 is 6.18 Å². The summed E-state index contributed by atoms with van der Waals surface area (Å²) in [6, 6.07) is 10.4. The highest BCUT2D eigenvalue weighted by Gasteiger charge is 2.43. The average molecular weight is 370 g/mol. The minimum Gasteiger partial charge on any atom is -0.357 e. The van der Waals surface area contributed by atoms with Crippen molar-refractivity contribution in [2.24, 2.45) is 4.99 Å². The zero-order valence-electron chi connectivity index (χ0n) is 15.6. The van der Waals surface area contributed by atoms with E-state index in [-0.39, 0.29) is 5.41 Å². The molecule has 0 spiro atoms. The van der Waals surface area contributed by atoms with Crippen molar-refractivity contribution in [3.8, 4) is 0 Å². The van der Waals surface area contributed by atoms with Gasteiger partial charge in [-0.25, -0.2) is 0 Å². The first-order valence-corrected chi connectivity index (χ1v) is 9.18. The van der Waals surface area contributed by atoms with E-state index in [1.165, 1.54) is 17.5 Å². The maximum Gasteiger partial charge on any atom is 0.401 e.